The number of aliphatic hydroxyl groups excluding tert-OH is 1. The van der Waals surface area contributed by atoms with Crippen LogP contribution in [0.5, 0.6) is 0 Å². The molecule has 1 aliphatic rings. The van der Waals surface area contributed by atoms with Gasteiger partial charge in [-0.05, 0) is 66.1 Å². The van der Waals surface area contributed by atoms with Crippen molar-refractivity contribution in [3.05, 3.63) is 84.1 Å². The van der Waals surface area contributed by atoms with E-state index in [-0.39, 0.29) is 5.28 Å². The Morgan fingerprint density at radius 2 is 1.97 bits per heavy atom. The third kappa shape index (κ3) is 4.41. The van der Waals surface area contributed by atoms with E-state index in [9.17, 15) is 5.11 Å². The van der Waals surface area contributed by atoms with Gasteiger partial charge in [-0.2, -0.15) is 9.97 Å². The smallest absolute Gasteiger partial charge is 0.226 e. The Labute approximate surface area is 197 Å². The molecule has 0 fully saturated rings. The predicted octanol–water partition coefficient (Wildman–Crippen LogP) is 7.54. The molecule has 0 saturated heterocycles. The van der Waals surface area contributed by atoms with Crippen molar-refractivity contribution in [3.63, 3.8) is 0 Å². The van der Waals surface area contributed by atoms with E-state index in [1.807, 2.05) is 54.6 Å². The molecule has 2 aromatic carbocycles. The highest BCUT2D eigenvalue weighted by atomic mass is 35.5. The fourth-order valence-electron chi connectivity index (χ4n) is 4.70. The highest BCUT2D eigenvalue weighted by molar-refractivity contribution is 6.28. The number of hydrogen-bond donors (Lipinski definition) is 1. The Kier molecular flexibility index (Phi) is 5.73. The summed E-state index contributed by atoms with van der Waals surface area (Å²) in [7, 11) is 0. The molecule has 0 spiro atoms. The number of halogens is 1. The van der Waals surface area contributed by atoms with E-state index in [2.05, 4.69) is 23.5 Å². The van der Waals surface area contributed by atoms with Crippen LogP contribution in [0.2, 0.25) is 5.28 Å². The average molecular weight is 458 g/mol. The Morgan fingerprint density at radius 1 is 1.15 bits per heavy atom. The second kappa shape index (κ2) is 8.83. The van der Waals surface area contributed by atoms with Crippen LogP contribution < -0.4 is 0 Å². The predicted molar refractivity (Wildman–Crippen MR) is 133 cm³/mol. The first kappa shape index (κ1) is 21.4. The van der Waals surface area contributed by atoms with Gasteiger partial charge in [0.2, 0.25) is 5.28 Å². The quantitative estimate of drug-likeness (QED) is 0.313. The average Bonchev–Trinajstić information content (AvgIpc) is 3.15. The van der Waals surface area contributed by atoms with Crippen molar-refractivity contribution in [2.24, 2.45) is 11.8 Å². The van der Waals surface area contributed by atoms with E-state index in [1.165, 1.54) is 0 Å². The summed E-state index contributed by atoms with van der Waals surface area (Å²) in [6.45, 7) is 5.97. The third-order valence-electron chi connectivity index (χ3n) is 6.04. The summed E-state index contributed by atoms with van der Waals surface area (Å²) in [5.41, 5.74) is 3.34. The minimum Gasteiger partial charge on any atom is -0.513 e. The monoisotopic (exact) mass is 457 g/mol. The van der Waals surface area contributed by atoms with Crippen molar-refractivity contribution in [3.8, 4) is 11.4 Å². The lowest BCUT2D eigenvalue weighted by molar-refractivity contribution is 0.298. The number of para-hydroxylation sites is 1. The van der Waals surface area contributed by atoms with Gasteiger partial charge in [0, 0.05) is 22.8 Å². The number of aliphatic hydroxyl groups is 1. The van der Waals surface area contributed by atoms with E-state index in [0.29, 0.717) is 35.7 Å². The molecule has 166 valence electrons. The molecule has 0 amide bonds. The number of hydrogen-bond acceptors (Lipinski definition) is 5. The van der Waals surface area contributed by atoms with Crippen LogP contribution in [0, 0.1) is 11.8 Å². The fraction of sp³-hybridized carbons (Fsp3) is 0.222. The minimum atomic E-state index is 0.134. The maximum atomic E-state index is 10.1. The molecule has 0 radical (unpaired) electrons. The van der Waals surface area contributed by atoms with Crippen LogP contribution in [0.25, 0.3) is 38.9 Å². The van der Waals surface area contributed by atoms with Crippen LogP contribution in [-0.4, -0.2) is 20.1 Å². The molecule has 4 aromatic rings. The first-order valence-electron chi connectivity index (χ1n) is 11.0. The van der Waals surface area contributed by atoms with Gasteiger partial charge in [-0.15, -0.1) is 0 Å². The number of furan rings is 1. The van der Waals surface area contributed by atoms with Crippen molar-refractivity contribution in [2.75, 3.05) is 0 Å². The van der Waals surface area contributed by atoms with Crippen molar-refractivity contribution >= 4 is 39.1 Å². The summed E-state index contributed by atoms with van der Waals surface area (Å²) < 4.78 is 6.02. The molecule has 33 heavy (non-hydrogen) atoms. The molecule has 6 heteroatoms. The summed E-state index contributed by atoms with van der Waals surface area (Å²) in [4.78, 5) is 13.5. The molecule has 0 saturated carbocycles. The maximum absolute atomic E-state index is 10.1. The molecule has 2 heterocycles. The second-order valence-corrected chi connectivity index (χ2v) is 8.97. The SMILES string of the molecule is C=C/C=C(\CC1CC(O)=CC(C)C1)c1nc(Cl)nc(-c2ccc3c(c2)oc2ccccc23)n1. The largest absolute Gasteiger partial charge is 0.513 e. The summed E-state index contributed by atoms with van der Waals surface area (Å²) >= 11 is 6.33. The van der Waals surface area contributed by atoms with Gasteiger partial charge in [0.05, 0.1) is 5.76 Å². The third-order valence-corrected chi connectivity index (χ3v) is 6.21. The molecule has 2 unspecified atom stereocenters. The molecule has 0 bridgehead atoms. The summed E-state index contributed by atoms with van der Waals surface area (Å²) in [5.74, 6) is 2.09. The lowest BCUT2D eigenvalue weighted by Gasteiger charge is -2.25. The fourth-order valence-corrected chi connectivity index (χ4v) is 4.86. The van der Waals surface area contributed by atoms with Crippen LogP contribution >= 0.6 is 11.6 Å². The molecule has 2 aromatic heterocycles. The summed E-state index contributed by atoms with van der Waals surface area (Å²) in [6, 6.07) is 13.9. The standard InChI is InChI=1S/C27H24ClN3O2/c1-3-6-18(13-17-11-16(2)12-20(32)14-17)25-29-26(31-27(28)30-25)19-9-10-22-21-7-4-5-8-23(21)33-24(22)15-19/h3-10,12,15-17,32H,1,11,13-14H2,2H3/b18-6+. The first-order chi connectivity index (χ1) is 16.0. The van der Waals surface area contributed by atoms with Crippen molar-refractivity contribution < 1.29 is 9.52 Å². The lowest BCUT2D eigenvalue weighted by atomic mass is 9.82. The highest BCUT2D eigenvalue weighted by Gasteiger charge is 2.23. The molecule has 1 N–H and O–H groups in total. The molecule has 0 aliphatic heterocycles. The van der Waals surface area contributed by atoms with E-state index in [0.717, 1.165) is 45.9 Å². The zero-order valence-corrected chi connectivity index (χ0v) is 19.1. The van der Waals surface area contributed by atoms with E-state index in [4.69, 9.17) is 21.0 Å². The van der Waals surface area contributed by atoms with Gasteiger partial charge in [-0.1, -0.05) is 49.9 Å². The van der Waals surface area contributed by atoms with Crippen molar-refractivity contribution in [1.29, 1.82) is 0 Å². The number of rotatable bonds is 5. The zero-order valence-electron chi connectivity index (χ0n) is 18.3. The Bertz CT molecular complexity index is 1420. The zero-order chi connectivity index (χ0) is 22.9. The minimum absolute atomic E-state index is 0.134. The van der Waals surface area contributed by atoms with Crippen molar-refractivity contribution in [1.82, 2.24) is 15.0 Å². The van der Waals surface area contributed by atoms with Gasteiger partial charge in [0.15, 0.2) is 11.6 Å². The first-order valence-corrected chi connectivity index (χ1v) is 11.4. The number of benzene rings is 2. The maximum Gasteiger partial charge on any atom is 0.226 e. The van der Waals surface area contributed by atoms with Crippen LogP contribution in [0.3, 0.4) is 0 Å². The van der Waals surface area contributed by atoms with Gasteiger partial charge in [-0.25, -0.2) is 4.98 Å². The molecule has 1 aliphatic carbocycles. The molecular weight excluding hydrogens is 434 g/mol. The summed E-state index contributed by atoms with van der Waals surface area (Å²) in [6.07, 6.45) is 7.93. The van der Waals surface area contributed by atoms with Crippen molar-refractivity contribution in [2.45, 2.75) is 26.2 Å². The normalized spacial score (nSPS) is 19.1. The lowest BCUT2D eigenvalue weighted by Crippen LogP contribution is -2.14. The Morgan fingerprint density at radius 3 is 2.79 bits per heavy atom. The van der Waals surface area contributed by atoms with Gasteiger partial charge in [0.25, 0.3) is 0 Å². The molecule has 5 nitrogen and oxygen atoms in total. The number of aromatic nitrogens is 3. The molecule has 2 atom stereocenters. The van der Waals surface area contributed by atoms with Crippen LogP contribution in [-0.2, 0) is 0 Å². The second-order valence-electron chi connectivity index (χ2n) is 8.63. The highest BCUT2D eigenvalue weighted by Crippen LogP contribution is 2.35. The van der Waals surface area contributed by atoms with Gasteiger partial charge >= 0.3 is 0 Å². The topological polar surface area (TPSA) is 72.0 Å². The van der Waals surface area contributed by atoms with Gasteiger partial charge in [-0.3, -0.25) is 0 Å². The Balaban J connectivity index is 1.51. The van der Waals surface area contributed by atoms with E-state index in [1.54, 1.807) is 6.08 Å². The molecule has 5 rings (SSSR count). The number of allylic oxidation sites excluding steroid dienone is 5. The van der Waals surface area contributed by atoms with Gasteiger partial charge < -0.3 is 9.52 Å². The summed E-state index contributed by atoms with van der Waals surface area (Å²) in [5, 5.41) is 12.3. The van der Waals surface area contributed by atoms with E-state index >= 15 is 0 Å². The van der Waals surface area contributed by atoms with E-state index < -0.39 is 0 Å². The van der Waals surface area contributed by atoms with Gasteiger partial charge in [0.1, 0.15) is 11.2 Å². The number of nitrogens with zero attached hydrogens (tertiary/aromatic N) is 3. The molecular formula is C27H24ClN3O2. The van der Waals surface area contributed by atoms with Crippen LogP contribution in [0.4, 0.5) is 0 Å². The number of fused-ring (bicyclic) bond motifs is 3. The van der Waals surface area contributed by atoms with Crippen LogP contribution in [0.15, 0.2) is 77.4 Å². The van der Waals surface area contributed by atoms with Crippen LogP contribution in [0.1, 0.15) is 32.0 Å². The Hall–Kier alpha value is -3.44.